The van der Waals surface area contributed by atoms with Crippen molar-refractivity contribution in [2.24, 2.45) is 0 Å². The van der Waals surface area contributed by atoms with Gasteiger partial charge in [0.05, 0.1) is 5.69 Å². The summed E-state index contributed by atoms with van der Waals surface area (Å²) in [4.78, 5) is 0.143. The number of benzene rings is 2. The molecule has 0 radical (unpaired) electrons. The number of sulfonamides is 1. The minimum absolute atomic E-state index is 0.143. The van der Waals surface area contributed by atoms with Gasteiger partial charge in [0.2, 0.25) is 10.0 Å². The van der Waals surface area contributed by atoms with Crippen LogP contribution in [0.1, 0.15) is 16.7 Å². The summed E-state index contributed by atoms with van der Waals surface area (Å²) in [6.45, 7) is 3.67. The molecule has 0 amide bonds. The van der Waals surface area contributed by atoms with Gasteiger partial charge >= 0.3 is 0 Å². The van der Waals surface area contributed by atoms with Crippen molar-refractivity contribution in [1.82, 2.24) is 4.72 Å². The van der Waals surface area contributed by atoms with E-state index in [-0.39, 0.29) is 17.1 Å². The Morgan fingerprint density at radius 1 is 1.14 bits per heavy atom. The van der Waals surface area contributed by atoms with Crippen molar-refractivity contribution in [2.45, 2.75) is 25.3 Å². The molecule has 2 aromatic rings. The zero-order chi connectivity index (χ0) is 15.6. The Balaban J connectivity index is 2.29. The first kappa shape index (κ1) is 15.8. The predicted octanol–water partition coefficient (Wildman–Crippen LogP) is 3.02. The maximum atomic E-state index is 12.5. The van der Waals surface area contributed by atoms with E-state index in [1.807, 2.05) is 0 Å². The average Bonchev–Trinajstić information content (AvgIpc) is 2.41. The Bertz CT molecular complexity index is 773. The summed E-state index contributed by atoms with van der Waals surface area (Å²) >= 11 is 5.89. The summed E-state index contributed by atoms with van der Waals surface area (Å²) < 4.78 is 27.5. The molecule has 0 aliphatic heterocycles. The Labute approximate surface area is 130 Å². The number of nitrogens with two attached hydrogens (primary N) is 1. The highest BCUT2D eigenvalue weighted by atomic mass is 35.5. The van der Waals surface area contributed by atoms with Gasteiger partial charge in [-0.15, -0.1) is 0 Å². The molecule has 0 fully saturated rings. The molecule has 4 nitrogen and oxygen atoms in total. The summed E-state index contributed by atoms with van der Waals surface area (Å²) in [5, 5.41) is 0.568. The molecule has 0 spiro atoms. The summed E-state index contributed by atoms with van der Waals surface area (Å²) in [6, 6.07) is 10.6. The smallest absolute Gasteiger partial charge is 0.243 e. The molecule has 0 atom stereocenters. The SMILES string of the molecule is Cc1ccc(C)c(S(=O)(=O)NCc2cccc(Cl)c2)c1N. The van der Waals surface area contributed by atoms with E-state index in [0.717, 1.165) is 11.1 Å². The number of nitrogens with one attached hydrogen (secondary N) is 1. The topological polar surface area (TPSA) is 72.2 Å². The van der Waals surface area contributed by atoms with Crippen molar-refractivity contribution in [2.75, 3.05) is 5.73 Å². The number of rotatable bonds is 4. The van der Waals surface area contributed by atoms with E-state index >= 15 is 0 Å². The Kier molecular flexibility index (Phi) is 4.56. The van der Waals surface area contributed by atoms with Gasteiger partial charge in [-0.05, 0) is 42.7 Å². The molecule has 21 heavy (non-hydrogen) atoms. The molecule has 3 N–H and O–H groups in total. The van der Waals surface area contributed by atoms with Crippen LogP contribution in [0.2, 0.25) is 5.02 Å². The van der Waals surface area contributed by atoms with Gasteiger partial charge in [0.1, 0.15) is 4.90 Å². The third-order valence-corrected chi connectivity index (χ3v) is 5.07. The van der Waals surface area contributed by atoms with Crippen LogP contribution in [-0.4, -0.2) is 8.42 Å². The molecule has 0 saturated carbocycles. The van der Waals surface area contributed by atoms with Crippen molar-refractivity contribution in [1.29, 1.82) is 0 Å². The molecule has 0 heterocycles. The van der Waals surface area contributed by atoms with Crippen LogP contribution in [0.25, 0.3) is 0 Å². The summed E-state index contributed by atoms with van der Waals surface area (Å²) in [5.74, 6) is 0. The summed E-state index contributed by atoms with van der Waals surface area (Å²) in [7, 11) is -3.67. The highest BCUT2D eigenvalue weighted by Crippen LogP contribution is 2.25. The largest absolute Gasteiger partial charge is 0.397 e. The number of hydrogen-bond acceptors (Lipinski definition) is 3. The molecular formula is C15H17ClN2O2S. The molecule has 2 aromatic carbocycles. The van der Waals surface area contributed by atoms with E-state index in [9.17, 15) is 8.42 Å². The van der Waals surface area contributed by atoms with E-state index in [4.69, 9.17) is 17.3 Å². The number of aryl methyl sites for hydroxylation is 2. The lowest BCUT2D eigenvalue weighted by atomic mass is 10.1. The minimum Gasteiger partial charge on any atom is -0.397 e. The second kappa shape index (κ2) is 6.05. The van der Waals surface area contributed by atoms with Crippen molar-refractivity contribution in [3.05, 3.63) is 58.1 Å². The lowest BCUT2D eigenvalue weighted by Gasteiger charge is -2.13. The van der Waals surface area contributed by atoms with Gasteiger partial charge in [0.25, 0.3) is 0 Å². The molecule has 112 valence electrons. The van der Waals surface area contributed by atoms with E-state index in [1.54, 1.807) is 50.2 Å². The predicted molar refractivity (Wildman–Crippen MR) is 85.8 cm³/mol. The molecule has 0 aliphatic rings. The molecule has 0 aliphatic carbocycles. The van der Waals surface area contributed by atoms with Crippen LogP contribution in [0.15, 0.2) is 41.3 Å². The van der Waals surface area contributed by atoms with Crippen molar-refractivity contribution in [3.63, 3.8) is 0 Å². The molecule has 2 rings (SSSR count). The molecular weight excluding hydrogens is 308 g/mol. The Morgan fingerprint density at radius 2 is 1.81 bits per heavy atom. The first-order chi connectivity index (χ1) is 9.81. The van der Waals surface area contributed by atoms with E-state index in [0.29, 0.717) is 10.6 Å². The molecule has 0 bridgehead atoms. The molecule has 6 heteroatoms. The second-order valence-corrected chi connectivity index (χ2v) is 7.04. The molecule has 0 unspecified atom stereocenters. The van der Waals surface area contributed by atoms with E-state index in [1.165, 1.54) is 0 Å². The first-order valence-electron chi connectivity index (χ1n) is 6.41. The Hall–Kier alpha value is -1.56. The quantitative estimate of drug-likeness (QED) is 0.849. The standard InChI is InChI=1S/C15H17ClN2O2S/c1-10-6-7-11(2)15(14(10)17)21(19,20)18-9-12-4-3-5-13(16)8-12/h3-8,18H,9,17H2,1-2H3. The van der Waals surface area contributed by atoms with Gasteiger partial charge in [-0.2, -0.15) is 0 Å². The van der Waals surface area contributed by atoms with Crippen LogP contribution in [0.3, 0.4) is 0 Å². The van der Waals surface area contributed by atoms with E-state index < -0.39 is 10.0 Å². The number of hydrogen-bond donors (Lipinski definition) is 2. The van der Waals surface area contributed by atoms with Crippen LogP contribution in [0, 0.1) is 13.8 Å². The van der Waals surface area contributed by atoms with E-state index in [2.05, 4.69) is 4.72 Å². The highest BCUT2D eigenvalue weighted by Gasteiger charge is 2.20. The third-order valence-electron chi connectivity index (χ3n) is 3.24. The zero-order valence-electron chi connectivity index (χ0n) is 11.9. The van der Waals surface area contributed by atoms with Gasteiger partial charge < -0.3 is 5.73 Å². The number of nitrogen functional groups attached to an aromatic ring is 1. The first-order valence-corrected chi connectivity index (χ1v) is 8.27. The lowest BCUT2D eigenvalue weighted by Crippen LogP contribution is -2.25. The van der Waals surface area contributed by atoms with Crippen molar-refractivity contribution < 1.29 is 8.42 Å². The maximum Gasteiger partial charge on any atom is 0.243 e. The number of anilines is 1. The monoisotopic (exact) mass is 324 g/mol. The average molecular weight is 325 g/mol. The molecule has 0 aromatic heterocycles. The third kappa shape index (κ3) is 3.56. The van der Waals surface area contributed by atoms with Crippen LogP contribution in [0.4, 0.5) is 5.69 Å². The van der Waals surface area contributed by atoms with Crippen molar-refractivity contribution >= 4 is 27.3 Å². The lowest BCUT2D eigenvalue weighted by molar-refractivity contribution is 0.581. The van der Waals surface area contributed by atoms with Gasteiger partial charge in [-0.25, -0.2) is 13.1 Å². The van der Waals surface area contributed by atoms with Crippen LogP contribution < -0.4 is 10.5 Å². The summed E-state index contributed by atoms with van der Waals surface area (Å²) in [5.41, 5.74) is 8.36. The van der Waals surface area contributed by atoms with Crippen LogP contribution >= 0.6 is 11.6 Å². The fourth-order valence-electron chi connectivity index (χ4n) is 2.06. The van der Waals surface area contributed by atoms with Gasteiger partial charge in [-0.3, -0.25) is 0 Å². The second-order valence-electron chi connectivity index (χ2n) is 4.90. The summed E-state index contributed by atoms with van der Waals surface area (Å²) in [6.07, 6.45) is 0. The van der Waals surface area contributed by atoms with Crippen LogP contribution in [0.5, 0.6) is 0 Å². The van der Waals surface area contributed by atoms with Gasteiger partial charge in [0, 0.05) is 11.6 Å². The maximum absolute atomic E-state index is 12.5. The molecule has 0 saturated heterocycles. The zero-order valence-corrected chi connectivity index (χ0v) is 13.4. The van der Waals surface area contributed by atoms with Crippen LogP contribution in [-0.2, 0) is 16.6 Å². The van der Waals surface area contributed by atoms with Gasteiger partial charge in [0.15, 0.2) is 0 Å². The fourth-order valence-corrected chi connectivity index (χ4v) is 3.72. The normalized spacial score (nSPS) is 11.6. The number of halogens is 1. The Morgan fingerprint density at radius 3 is 2.48 bits per heavy atom. The van der Waals surface area contributed by atoms with Crippen molar-refractivity contribution in [3.8, 4) is 0 Å². The van der Waals surface area contributed by atoms with Gasteiger partial charge in [-0.1, -0.05) is 35.9 Å². The highest BCUT2D eigenvalue weighted by molar-refractivity contribution is 7.89. The fraction of sp³-hybridized carbons (Fsp3) is 0.200. The minimum atomic E-state index is -3.67.